The summed E-state index contributed by atoms with van der Waals surface area (Å²) in [4.78, 5) is 39.6. The molecule has 8 heteroatoms. The molecule has 34 heavy (non-hydrogen) atoms. The predicted octanol–water partition coefficient (Wildman–Crippen LogP) is 4.19. The van der Waals surface area contributed by atoms with Crippen LogP contribution in [-0.4, -0.2) is 30.4 Å². The SMILES string of the molecule is Cc1cccc(NC(=O)NC2CC(c3cccc(Cl)c3)c3ccccc3N(CC(N)=O)C2=O)c1. The molecule has 3 aromatic rings. The number of carbonyl (C=O) groups is 3. The third kappa shape index (κ3) is 5.21. The lowest BCUT2D eigenvalue weighted by atomic mass is 9.86. The zero-order chi connectivity index (χ0) is 24.2. The minimum Gasteiger partial charge on any atom is -0.368 e. The van der Waals surface area contributed by atoms with Crippen molar-refractivity contribution in [3.8, 4) is 0 Å². The highest BCUT2D eigenvalue weighted by Crippen LogP contribution is 2.39. The molecule has 4 amide bonds. The van der Waals surface area contributed by atoms with Gasteiger partial charge in [0.25, 0.3) is 0 Å². The van der Waals surface area contributed by atoms with Crippen LogP contribution in [0, 0.1) is 6.92 Å². The number of hydrogen-bond donors (Lipinski definition) is 3. The van der Waals surface area contributed by atoms with Crippen molar-refractivity contribution in [1.82, 2.24) is 5.32 Å². The van der Waals surface area contributed by atoms with Gasteiger partial charge in [0.15, 0.2) is 0 Å². The van der Waals surface area contributed by atoms with Gasteiger partial charge in [-0.1, -0.05) is 54.1 Å². The Labute approximate surface area is 202 Å². The van der Waals surface area contributed by atoms with Gasteiger partial charge in [0.2, 0.25) is 11.8 Å². The number of benzene rings is 3. The molecule has 0 fully saturated rings. The van der Waals surface area contributed by atoms with Gasteiger partial charge in [0.1, 0.15) is 12.6 Å². The second-order valence-electron chi connectivity index (χ2n) is 8.31. The fourth-order valence-corrected chi connectivity index (χ4v) is 4.52. The average Bonchev–Trinajstić information content (AvgIpc) is 2.89. The molecule has 1 aliphatic heterocycles. The number of carbonyl (C=O) groups excluding carboxylic acids is 3. The molecule has 0 saturated carbocycles. The predicted molar refractivity (Wildman–Crippen MR) is 133 cm³/mol. The van der Waals surface area contributed by atoms with E-state index in [0.717, 1.165) is 16.7 Å². The van der Waals surface area contributed by atoms with Crippen LogP contribution in [0.2, 0.25) is 5.02 Å². The minimum absolute atomic E-state index is 0.249. The van der Waals surface area contributed by atoms with Gasteiger partial charge in [-0.25, -0.2) is 4.79 Å². The van der Waals surface area contributed by atoms with Gasteiger partial charge in [-0.05, 0) is 60.4 Å². The van der Waals surface area contributed by atoms with E-state index >= 15 is 0 Å². The monoisotopic (exact) mass is 476 g/mol. The van der Waals surface area contributed by atoms with Crippen LogP contribution >= 0.6 is 11.6 Å². The lowest BCUT2D eigenvalue weighted by molar-refractivity contribution is -0.123. The normalized spacial score (nSPS) is 17.5. The summed E-state index contributed by atoms with van der Waals surface area (Å²) in [7, 11) is 0. The number of nitrogens with zero attached hydrogens (tertiary/aromatic N) is 1. The summed E-state index contributed by atoms with van der Waals surface area (Å²) in [5.41, 5.74) is 9.41. The maximum atomic E-state index is 13.6. The van der Waals surface area contributed by atoms with Crippen molar-refractivity contribution in [1.29, 1.82) is 0 Å². The molecule has 7 nitrogen and oxygen atoms in total. The standard InChI is InChI=1S/C26H25ClN4O3/c1-16-6-4-9-19(12-16)29-26(34)30-22-14-21(17-7-5-8-18(27)13-17)20-10-2-3-11-23(20)31(25(22)33)15-24(28)32/h2-13,21-22H,14-15H2,1H3,(H2,28,32)(H2,29,30,34). The third-order valence-electron chi connectivity index (χ3n) is 5.78. The van der Waals surface area contributed by atoms with Crippen molar-refractivity contribution in [2.24, 2.45) is 5.73 Å². The first-order valence-corrected chi connectivity index (χ1v) is 11.3. The Hall–Kier alpha value is -3.84. The number of anilines is 2. The Morgan fingerprint density at radius 2 is 1.82 bits per heavy atom. The van der Waals surface area contributed by atoms with Crippen LogP contribution in [0.3, 0.4) is 0 Å². The third-order valence-corrected chi connectivity index (χ3v) is 6.02. The van der Waals surface area contributed by atoms with Crippen LogP contribution in [-0.2, 0) is 9.59 Å². The molecule has 0 aromatic heterocycles. The van der Waals surface area contributed by atoms with E-state index in [0.29, 0.717) is 16.4 Å². The molecule has 174 valence electrons. The van der Waals surface area contributed by atoms with Gasteiger partial charge in [0, 0.05) is 22.3 Å². The number of amides is 4. The summed E-state index contributed by atoms with van der Waals surface area (Å²) >= 11 is 6.26. The van der Waals surface area contributed by atoms with Crippen LogP contribution < -0.4 is 21.3 Å². The van der Waals surface area contributed by atoms with Crippen molar-refractivity contribution in [2.75, 3.05) is 16.8 Å². The second kappa shape index (κ2) is 9.97. The van der Waals surface area contributed by atoms with Crippen LogP contribution in [0.25, 0.3) is 0 Å². The molecule has 0 aliphatic carbocycles. The summed E-state index contributed by atoms with van der Waals surface area (Å²) in [6.07, 6.45) is 0.284. The molecule has 0 radical (unpaired) electrons. The Bertz CT molecular complexity index is 1250. The summed E-state index contributed by atoms with van der Waals surface area (Å²) < 4.78 is 0. The van der Waals surface area contributed by atoms with Crippen LogP contribution in [0.1, 0.15) is 29.0 Å². The number of nitrogens with one attached hydrogen (secondary N) is 2. The van der Waals surface area contributed by atoms with Gasteiger partial charge < -0.3 is 21.3 Å². The van der Waals surface area contributed by atoms with Crippen LogP contribution in [0.15, 0.2) is 72.8 Å². The zero-order valence-electron chi connectivity index (χ0n) is 18.6. The van der Waals surface area contributed by atoms with E-state index in [1.54, 1.807) is 24.3 Å². The molecule has 1 aliphatic rings. The number of halogens is 1. The van der Waals surface area contributed by atoms with Crippen molar-refractivity contribution in [3.05, 3.63) is 94.5 Å². The van der Waals surface area contributed by atoms with Gasteiger partial charge in [-0.3, -0.25) is 9.59 Å². The maximum absolute atomic E-state index is 13.6. The fourth-order valence-electron chi connectivity index (χ4n) is 4.33. The molecular weight excluding hydrogens is 452 g/mol. The second-order valence-corrected chi connectivity index (χ2v) is 8.75. The average molecular weight is 477 g/mol. The lowest BCUT2D eigenvalue weighted by Crippen LogP contribution is -2.51. The number of fused-ring (bicyclic) bond motifs is 1. The molecule has 1 heterocycles. The Balaban J connectivity index is 1.71. The summed E-state index contributed by atoms with van der Waals surface area (Å²) in [5.74, 6) is -1.30. The quantitative estimate of drug-likeness (QED) is 0.514. The van der Waals surface area contributed by atoms with E-state index in [-0.39, 0.29) is 18.9 Å². The van der Waals surface area contributed by atoms with Crippen molar-refractivity contribution in [3.63, 3.8) is 0 Å². The highest BCUT2D eigenvalue weighted by molar-refractivity contribution is 6.30. The van der Waals surface area contributed by atoms with Crippen LogP contribution in [0.5, 0.6) is 0 Å². The number of para-hydroxylation sites is 1. The Kier molecular flexibility index (Phi) is 6.84. The van der Waals surface area contributed by atoms with Crippen LogP contribution in [0.4, 0.5) is 16.2 Å². The molecule has 4 rings (SSSR count). The van der Waals surface area contributed by atoms with E-state index in [1.807, 2.05) is 55.5 Å². The Morgan fingerprint density at radius 3 is 2.56 bits per heavy atom. The number of aryl methyl sites for hydroxylation is 1. The first kappa shape index (κ1) is 23.3. The zero-order valence-corrected chi connectivity index (χ0v) is 19.4. The summed E-state index contributed by atoms with van der Waals surface area (Å²) in [6.45, 7) is 1.63. The van der Waals surface area contributed by atoms with E-state index < -0.39 is 23.9 Å². The molecule has 2 unspecified atom stereocenters. The number of rotatable bonds is 5. The van der Waals surface area contributed by atoms with E-state index in [2.05, 4.69) is 10.6 Å². The minimum atomic E-state index is -0.902. The topological polar surface area (TPSA) is 105 Å². The number of nitrogens with two attached hydrogens (primary N) is 1. The molecule has 3 aromatic carbocycles. The van der Waals surface area contributed by atoms with Gasteiger partial charge in [0.05, 0.1) is 0 Å². The van der Waals surface area contributed by atoms with Crippen molar-refractivity contribution < 1.29 is 14.4 Å². The summed E-state index contributed by atoms with van der Waals surface area (Å²) in [6, 6.07) is 20.7. The molecule has 0 bridgehead atoms. The highest BCUT2D eigenvalue weighted by atomic mass is 35.5. The van der Waals surface area contributed by atoms with Crippen molar-refractivity contribution >= 4 is 40.8 Å². The van der Waals surface area contributed by atoms with E-state index in [9.17, 15) is 14.4 Å². The summed E-state index contributed by atoms with van der Waals surface area (Å²) in [5, 5.41) is 6.15. The molecule has 0 spiro atoms. The number of hydrogen-bond acceptors (Lipinski definition) is 3. The number of primary amides is 1. The smallest absolute Gasteiger partial charge is 0.319 e. The Morgan fingerprint density at radius 1 is 1.06 bits per heavy atom. The first-order valence-electron chi connectivity index (χ1n) is 10.9. The maximum Gasteiger partial charge on any atom is 0.319 e. The molecule has 0 saturated heterocycles. The fraction of sp³-hybridized carbons (Fsp3) is 0.192. The first-order chi connectivity index (χ1) is 16.3. The van der Waals surface area contributed by atoms with E-state index in [1.165, 1.54) is 4.90 Å². The van der Waals surface area contributed by atoms with E-state index in [4.69, 9.17) is 17.3 Å². The largest absolute Gasteiger partial charge is 0.368 e. The number of urea groups is 1. The molecule has 2 atom stereocenters. The van der Waals surface area contributed by atoms with Gasteiger partial charge in [-0.2, -0.15) is 0 Å². The van der Waals surface area contributed by atoms with Gasteiger partial charge >= 0.3 is 6.03 Å². The molecular formula is C26H25ClN4O3. The molecule has 4 N–H and O–H groups in total. The highest BCUT2D eigenvalue weighted by Gasteiger charge is 2.37. The van der Waals surface area contributed by atoms with Crippen molar-refractivity contribution in [2.45, 2.75) is 25.3 Å². The van der Waals surface area contributed by atoms with Gasteiger partial charge in [-0.15, -0.1) is 0 Å². The lowest BCUT2D eigenvalue weighted by Gasteiger charge is -2.25.